The monoisotopic (exact) mass is 450 g/mol. The zero-order valence-electron chi connectivity index (χ0n) is 17.9. The predicted molar refractivity (Wildman–Crippen MR) is 125 cm³/mol. The highest BCUT2D eigenvalue weighted by molar-refractivity contribution is 7.10. The van der Waals surface area contributed by atoms with Crippen molar-refractivity contribution in [2.45, 2.75) is 50.7 Å². The van der Waals surface area contributed by atoms with Crippen LogP contribution in [-0.4, -0.2) is 22.8 Å². The van der Waals surface area contributed by atoms with Crippen molar-refractivity contribution in [2.24, 2.45) is 0 Å². The lowest BCUT2D eigenvalue weighted by atomic mass is 10.0. The van der Waals surface area contributed by atoms with Crippen LogP contribution in [0.3, 0.4) is 0 Å². The molecule has 0 unspecified atom stereocenters. The van der Waals surface area contributed by atoms with E-state index < -0.39 is 11.9 Å². The Morgan fingerprint density at radius 3 is 2.41 bits per heavy atom. The van der Waals surface area contributed by atoms with Gasteiger partial charge in [0.25, 0.3) is 0 Å². The summed E-state index contributed by atoms with van der Waals surface area (Å²) >= 11 is 1.50. The van der Waals surface area contributed by atoms with Crippen molar-refractivity contribution >= 4 is 23.2 Å². The predicted octanol–water partition coefficient (Wildman–Crippen LogP) is 5.26. The van der Waals surface area contributed by atoms with Crippen LogP contribution in [-0.2, 0) is 22.6 Å². The second-order valence-electron chi connectivity index (χ2n) is 8.18. The van der Waals surface area contributed by atoms with Crippen LogP contribution in [0, 0.1) is 5.82 Å². The van der Waals surface area contributed by atoms with Gasteiger partial charge in [-0.25, -0.2) is 4.39 Å². The van der Waals surface area contributed by atoms with Gasteiger partial charge in [-0.2, -0.15) is 0 Å². The number of nitrogens with zero attached hydrogens (tertiary/aromatic N) is 1. The first kappa shape index (κ1) is 22.2. The second-order valence-corrected chi connectivity index (χ2v) is 9.21. The Kier molecular flexibility index (Phi) is 7.32. The summed E-state index contributed by atoms with van der Waals surface area (Å²) < 4.78 is 14.9. The van der Waals surface area contributed by atoms with E-state index in [9.17, 15) is 14.0 Å². The summed E-state index contributed by atoms with van der Waals surface area (Å²) in [6.07, 6.45) is 4.14. The van der Waals surface area contributed by atoms with E-state index in [1.165, 1.54) is 22.3 Å². The number of benzene rings is 2. The fourth-order valence-corrected chi connectivity index (χ4v) is 4.96. The SMILES string of the molecule is O=C(NC1CCCC1)[C@@H](c1ccccc1F)N(Cc1ccccc1)C(=O)Cc1cccs1. The van der Waals surface area contributed by atoms with E-state index >= 15 is 0 Å². The minimum atomic E-state index is -1.04. The molecule has 1 atom stereocenters. The molecule has 0 spiro atoms. The Labute approximate surface area is 192 Å². The van der Waals surface area contributed by atoms with Gasteiger partial charge in [0.2, 0.25) is 11.8 Å². The molecule has 32 heavy (non-hydrogen) atoms. The topological polar surface area (TPSA) is 49.4 Å². The average Bonchev–Trinajstić information content (AvgIpc) is 3.50. The third-order valence-electron chi connectivity index (χ3n) is 5.88. The summed E-state index contributed by atoms with van der Waals surface area (Å²) in [5.74, 6) is -1.01. The Hall–Kier alpha value is -2.99. The Balaban J connectivity index is 1.70. The first-order valence-corrected chi connectivity index (χ1v) is 11.9. The van der Waals surface area contributed by atoms with Gasteiger partial charge >= 0.3 is 0 Å². The lowest BCUT2D eigenvalue weighted by Gasteiger charge is -2.32. The van der Waals surface area contributed by atoms with Gasteiger partial charge in [0, 0.05) is 23.0 Å². The number of amides is 2. The molecule has 166 valence electrons. The number of carbonyl (C=O) groups is 2. The largest absolute Gasteiger partial charge is 0.351 e. The van der Waals surface area contributed by atoms with Crippen molar-refractivity contribution < 1.29 is 14.0 Å². The number of carbonyl (C=O) groups excluding carboxylic acids is 2. The van der Waals surface area contributed by atoms with Gasteiger partial charge in [0.1, 0.15) is 11.9 Å². The number of thiophene rings is 1. The fraction of sp³-hybridized carbons (Fsp3) is 0.308. The first-order chi connectivity index (χ1) is 15.6. The molecule has 1 saturated carbocycles. The minimum Gasteiger partial charge on any atom is -0.351 e. The minimum absolute atomic E-state index is 0.0720. The van der Waals surface area contributed by atoms with Crippen molar-refractivity contribution in [3.8, 4) is 0 Å². The molecule has 1 fully saturated rings. The normalized spacial score (nSPS) is 14.8. The molecule has 0 saturated heterocycles. The van der Waals surface area contributed by atoms with Crippen LogP contribution in [0.1, 0.15) is 47.7 Å². The van der Waals surface area contributed by atoms with E-state index in [1.807, 2.05) is 47.8 Å². The molecule has 6 heteroatoms. The zero-order chi connectivity index (χ0) is 22.3. The Bertz CT molecular complexity index is 1030. The maximum absolute atomic E-state index is 14.9. The zero-order valence-corrected chi connectivity index (χ0v) is 18.7. The van der Waals surface area contributed by atoms with Crippen LogP contribution in [0.2, 0.25) is 0 Å². The highest BCUT2D eigenvalue weighted by Gasteiger charge is 2.34. The number of nitrogens with one attached hydrogen (secondary N) is 1. The van der Waals surface area contributed by atoms with E-state index in [4.69, 9.17) is 0 Å². The van der Waals surface area contributed by atoms with Gasteiger partial charge < -0.3 is 10.2 Å². The van der Waals surface area contributed by atoms with E-state index in [2.05, 4.69) is 5.32 Å². The molecule has 2 aromatic carbocycles. The molecule has 0 radical (unpaired) electrons. The van der Waals surface area contributed by atoms with Gasteiger partial charge in [-0.05, 0) is 35.9 Å². The van der Waals surface area contributed by atoms with Crippen molar-refractivity contribution in [1.29, 1.82) is 0 Å². The fourth-order valence-electron chi connectivity index (χ4n) is 4.27. The summed E-state index contributed by atoms with van der Waals surface area (Å²) in [6, 6.07) is 18.6. The van der Waals surface area contributed by atoms with Gasteiger partial charge in [-0.3, -0.25) is 9.59 Å². The molecule has 4 rings (SSSR count). The number of hydrogen-bond donors (Lipinski definition) is 1. The van der Waals surface area contributed by atoms with Gasteiger partial charge in [0.15, 0.2) is 0 Å². The standard InChI is InChI=1S/C26H27FN2O2S/c27-23-15-7-6-14-22(23)25(26(31)28-20-11-4-5-12-20)29(18-19-9-2-1-3-10-19)24(30)17-21-13-8-16-32-21/h1-3,6-10,13-16,20,25H,4-5,11-12,17-18H2,(H,28,31)/t25-/m1/s1. The number of halogens is 1. The molecule has 1 heterocycles. The van der Waals surface area contributed by atoms with Crippen LogP contribution in [0.4, 0.5) is 4.39 Å². The molecule has 3 aromatic rings. The molecule has 1 aliphatic rings. The first-order valence-electron chi connectivity index (χ1n) is 11.0. The van der Waals surface area contributed by atoms with Gasteiger partial charge in [-0.1, -0.05) is 67.4 Å². The molecular formula is C26H27FN2O2S. The quantitative estimate of drug-likeness (QED) is 0.509. The third-order valence-corrected chi connectivity index (χ3v) is 6.76. The highest BCUT2D eigenvalue weighted by Crippen LogP contribution is 2.28. The van der Waals surface area contributed by atoms with Crippen LogP contribution in [0.5, 0.6) is 0 Å². The number of hydrogen-bond acceptors (Lipinski definition) is 3. The molecule has 0 aliphatic heterocycles. The van der Waals surface area contributed by atoms with Crippen LogP contribution < -0.4 is 5.32 Å². The average molecular weight is 451 g/mol. The van der Waals surface area contributed by atoms with E-state index in [0.717, 1.165) is 36.1 Å². The molecule has 1 N–H and O–H groups in total. The Morgan fingerprint density at radius 1 is 1.00 bits per heavy atom. The van der Waals surface area contributed by atoms with Crippen molar-refractivity contribution in [2.75, 3.05) is 0 Å². The second kappa shape index (κ2) is 10.6. The summed E-state index contributed by atoms with van der Waals surface area (Å²) in [7, 11) is 0. The third kappa shape index (κ3) is 5.43. The maximum atomic E-state index is 14.9. The van der Waals surface area contributed by atoms with Crippen molar-refractivity contribution in [3.63, 3.8) is 0 Å². The van der Waals surface area contributed by atoms with Gasteiger partial charge in [0.05, 0.1) is 6.42 Å². The smallest absolute Gasteiger partial charge is 0.247 e. The van der Waals surface area contributed by atoms with Gasteiger partial charge in [-0.15, -0.1) is 11.3 Å². The Morgan fingerprint density at radius 2 is 1.72 bits per heavy atom. The number of rotatable bonds is 8. The molecular weight excluding hydrogens is 423 g/mol. The van der Waals surface area contributed by atoms with Crippen molar-refractivity contribution in [3.05, 3.63) is 93.9 Å². The molecule has 1 aromatic heterocycles. The summed E-state index contributed by atoms with van der Waals surface area (Å²) in [5, 5.41) is 5.01. The van der Waals surface area contributed by atoms with E-state index in [-0.39, 0.29) is 36.4 Å². The van der Waals surface area contributed by atoms with E-state index in [0.29, 0.717) is 0 Å². The summed E-state index contributed by atoms with van der Waals surface area (Å²) in [6.45, 7) is 0.224. The van der Waals surface area contributed by atoms with E-state index in [1.54, 1.807) is 18.2 Å². The molecule has 2 amide bonds. The van der Waals surface area contributed by atoms with Crippen LogP contribution in [0.25, 0.3) is 0 Å². The lowest BCUT2D eigenvalue weighted by Crippen LogP contribution is -2.46. The highest BCUT2D eigenvalue weighted by atomic mass is 32.1. The van der Waals surface area contributed by atoms with Crippen LogP contribution in [0.15, 0.2) is 72.1 Å². The molecule has 4 nitrogen and oxygen atoms in total. The molecule has 0 bridgehead atoms. The lowest BCUT2D eigenvalue weighted by molar-refractivity contribution is -0.141. The summed E-state index contributed by atoms with van der Waals surface area (Å²) in [5.41, 5.74) is 1.11. The van der Waals surface area contributed by atoms with Crippen molar-refractivity contribution in [1.82, 2.24) is 10.2 Å². The molecule has 1 aliphatic carbocycles. The summed E-state index contributed by atoms with van der Waals surface area (Å²) in [4.78, 5) is 29.5. The van der Waals surface area contributed by atoms with Crippen LogP contribution >= 0.6 is 11.3 Å². The maximum Gasteiger partial charge on any atom is 0.247 e.